The average molecular weight is 312 g/mol. The number of alkyl halides is 2. The van der Waals surface area contributed by atoms with E-state index in [0.29, 0.717) is 10.7 Å². The Balaban J connectivity index is 2.14. The van der Waals surface area contributed by atoms with E-state index < -0.39 is 12.5 Å². The van der Waals surface area contributed by atoms with Gasteiger partial charge in [-0.3, -0.25) is 4.79 Å². The molecule has 3 nitrogen and oxygen atoms in total. The summed E-state index contributed by atoms with van der Waals surface area (Å²) in [6, 6.07) is 10.7. The highest BCUT2D eigenvalue weighted by Crippen LogP contribution is 2.21. The van der Waals surface area contributed by atoms with E-state index in [4.69, 9.17) is 11.6 Å². The number of aryl methyl sites for hydroxylation is 1. The van der Waals surface area contributed by atoms with E-state index in [2.05, 4.69) is 10.1 Å². The number of carbonyl (C=O) groups excluding carboxylic acids is 1. The van der Waals surface area contributed by atoms with Crippen molar-refractivity contribution in [3.63, 3.8) is 0 Å². The molecule has 6 heteroatoms. The average Bonchev–Trinajstić information content (AvgIpc) is 2.42. The molecule has 2 aromatic rings. The smallest absolute Gasteiger partial charge is 0.387 e. The fourth-order valence-electron chi connectivity index (χ4n) is 1.69. The van der Waals surface area contributed by atoms with Gasteiger partial charge in [0.15, 0.2) is 0 Å². The molecule has 0 aliphatic heterocycles. The summed E-state index contributed by atoms with van der Waals surface area (Å²) in [6.45, 7) is -1.08. The van der Waals surface area contributed by atoms with Crippen molar-refractivity contribution in [2.45, 2.75) is 13.5 Å². The second-order valence-corrected chi connectivity index (χ2v) is 4.73. The van der Waals surface area contributed by atoms with Crippen LogP contribution in [0.5, 0.6) is 5.75 Å². The summed E-state index contributed by atoms with van der Waals surface area (Å²) in [5, 5.41) is 3.17. The number of benzene rings is 2. The van der Waals surface area contributed by atoms with Crippen LogP contribution in [0.4, 0.5) is 14.5 Å². The third kappa shape index (κ3) is 4.16. The summed E-state index contributed by atoms with van der Waals surface area (Å²) >= 11 is 5.97. The maximum absolute atomic E-state index is 12.1. The predicted octanol–water partition coefficient (Wildman–Crippen LogP) is 4.50. The highest BCUT2D eigenvalue weighted by Gasteiger charge is 2.10. The van der Waals surface area contributed by atoms with Gasteiger partial charge in [-0.15, -0.1) is 0 Å². The van der Waals surface area contributed by atoms with Crippen LogP contribution < -0.4 is 10.1 Å². The molecule has 0 aromatic heterocycles. The van der Waals surface area contributed by atoms with Crippen molar-refractivity contribution in [2.24, 2.45) is 0 Å². The van der Waals surface area contributed by atoms with Gasteiger partial charge in [0.2, 0.25) is 0 Å². The Morgan fingerprint density at radius 2 is 2.00 bits per heavy atom. The van der Waals surface area contributed by atoms with Gasteiger partial charge in [-0.25, -0.2) is 0 Å². The standard InChI is InChI=1S/C15H12ClF2NO2/c1-9-5-6-11(8-13(9)16)19-14(20)10-3-2-4-12(7-10)21-15(17)18/h2-8,15H,1H3,(H,19,20). The molecular weight excluding hydrogens is 300 g/mol. The summed E-state index contributed by atoms with van der Waals surface area (Å²) in [5.41, 5.74) is 1.63. The van der Waals surface area contributed by atoms with Gasteiger partial charge in [0.25, 0.3) is 5.91 Å². The molecule has 0 saturated carbocycles. The topological polar surface area (TPSA) is 38.3 Å². The lowest BCUT2D eigenvalue weighted by Crippen LogP contribution is -2.12. The lowest BCUT2D eigenvalue weighted by atomic mass is 10.2. The molecule has 1 N–H and O–H groups in total. The first kappa shape index (κ1) is 15.3. The zero-order chi connectivity index (χ0) is 15.4. The molecule has 0 radical (unpaired) electrons. The minimum absolute atomic E-state index is 0.0698. The van der Waals surface area contributed by atoms with Crippen LogP contribution in [0.2, 0.25) is 5.02 Å². The molecule has 21 heavy (non-hydrogen) atoms. The molecular formula is C15H12ClF2NO2. The Hall–Kier alpha value is -2.14. The molecule has 2 rings (SSSR count). The summed E-state index contributed by atoms with van der Waals surface area (Å²) < 4.78 is 28.5. The van der Waals surface area contributed by atoms with Gasteiger partial charge in [0.1, 0.15) is 5.75 Å². The van der Waals surface area contributed by atoms with E-state index in [-0.39, 0.29) is 11.3 Å². The third-order valence-electron chi connectivity index (χ3n) is 2.75. The molecule has 2 aromatic carbocycles. The summed E-state index contributed by atoms with van der Waals surface area (Å²) in [6.07, 6.45) is 0. The van der Waals surface area contributed by atoms with Crippen LogP contribution in [-0.4, -0.2) is 12.5 Å². The van der Waals surface area contributed by atoms with Crippen LogP contribution in [0.15, 0.2) is 42.5 Å². The first-order valence-corrected chi connectivity index (χ1v) is 6.46. The van der Waals surface area contributed by atoms with E-state index in [1.54, 1.807) is 18.2 Å². The molecule has 0 bridgehead atoms. The third-order valence-corrected chi connectivity index (χ3v) is 3.16. The fraction of sp³-hybridized carbons (Fsp3) is 0.133. The number of hydrogen-bond acceptors (Lipinski definition) is 2. The van der Waals surface area contributed by atoms with E-state index in [0.717, 1.165) is 5.56 Å². The summed E-state index contributed by atoms with van der Waals surface area (Å²) in [7, 11) is 0. The molecule has 0 saturated heterocycles. The van der Waals surface area contributed by atoms with Gasteiger partial charge < -0.3 is 10.1 Å². The Kier molecular flexibility index (Phi) is 4.75. The molecule has 0 unspecified atom stereocenters. The van der Waals surface area contributed by atoms with E-state index >= 15 is 0 Å². The zero-order valence-corrected chi connectivity index (χ0v) is 11.8. The largest absolute Gasteiger partial charge is 0.435 e. The number of rotatable bonds is 4. The van der Waals surface area contributed by atoms with Crippen LogP contribution in [0.3, 0.4) is 0 Å². The Morgan fingerprint density at radius 1 is 1.24 bits per heavy atom. The molecule has 0 atom stereocenters. The van der Waals surface area contributed by atoms with Gasteiger partial charge in [-0.2, -0.15) is 8.78 Å². The lowest BCUT2D eigenvalue weighted by Gasteiger charge is -2.09. The first-order valence-electron chi connectivity index (χ1n) is 6.08. The van der Waals surface area contributed by atoms with Crippen molar-refractivity contribution < 1.29 is 18.3 Å². The Morgan fingerprint density at radius 3 is 2.67 bits per heavy atom. The van der Waals surface area contributed by atoms with Crippen molar-refractivity contribution in [3.05, 3.63) is 58.6 Å². The van der Waals surface area contributed by atoms with Gasteiger partial charge >= 0.3 is 6.61 Å². The maximum Gasteiger partial charge on any atom is 0.387 e. The number of hydrogen-bond donors (Lipinski definition) is 1. The lowest BCUT2D eigenvalue weighted by molar-refractivity contribution is -0.0498. The van der Waals surface area contributed by atoms with Crippen LogP contribution in [0, 0.1) is 6.92 Å². The van der Waals surface area contributed by atoms with Crippen LogP contribution in [0.1, 0.15) is 15.9 Å². The minimum Gasteiger partial charge on any atom is -0.435 e. The highest BCUT2D eigenvalue weighted by atomic mass is 35.5. The van der Waals surface area contributed by atoms with Crippen molar-refractivity contribution in [3.8, 4) is 5.75 Å². The SMILES string of the molecule is Cc1ccc(NC(=O)c2cccc(OC(F)F)c2)cc1Cl. The number of amides is 1. The van der Waals surface area contributed by atoms with Crippen molar-refractivity contribution >= 4 is 23.2 Å². The number of halogens is 3. The molecule has 0 aliphatic carbocycles. The van der Waals surface area contributed by atoms with E-state index in [9.17, 15) is 13.6 Å². The number of carbonyl (C=O) groups is 1. The quantitative estimate of drug-likeness (QED) is 0.902. The van der Waals surface area contributed by atoms with Crippen molar-refractivity contribution in [1.29, 1.82) is 0 Å². The maximum atomic E-state index is 12.1. The Labute approximate surface area is 125 Å². The first-order chi connectivity index (χ1) is 9.95. The van der Waals surface area contributed by atoms with Crippen LogP contribution in [-0.2, 0) is 0 Å². The number of nitrogens with one attached hydrogen (secondary N) is 1. The zero-order valence-electron chi connectivity index (χ0n) is 11.1. The minimum atomic E-state index is -2.93. The summed E-state index contributed by atoms with van der Waals surface area (Å²) in [5.74, 6) is -0.505. The van der Waals surface area contributed by atoms with E-state index in [1.165, 1.54) is 24.3 Å². The molecule has 0 spiro atoms. The molecule has 0 heterocycles. The molecule has 110 valence electrons. The normalized spacial score (nSPS) is 10.5. The monoisotopic (exact) mass is 311 g/mol. The second kappa shape index (κ2) is 6.54. The molecule has 1 amide bonds. The van der Waals surface area contributed by atoms with Crippen LogP contribution in [0.25, 0.3) is 0 Å². The van der Waals surface area contributed by atoms with Crippen molar-refractivity contribution in [2.75, 3.05) is 5.32 Å². The van der Waals surface area contributed by atoms with Gasteiger partial charge in [0, 0.05) is 16.3 Å². The molecule has 0 fully saturated rings. The van der Waals surface area contributed by atoms with Gasteiger partial charge in [-0.1, -0.05) is 23.7 Å². The van der Waals surface area contributed by atoms with E-state index in [1.807, 2.05) is 6.92 Å². The highest BCUT2D eigenvalue weighted by molar-refractivity contribution is 6.31. The predicted molar refractivity (Wildman–Crippen MR) is 77.2 cm³/mol. The number of anilines is 1. The van der Waals surface area contributed by atoms with Gasteiger partial charge in [0.05, 0.1) is 0 Å². The van der Waals surface area contributed by atoms with Crippen LogP contribution >= 0.6 is 11.6 Å². The molecule has 0 aliphatic rings. The summed E-state index contributed by atoms with van der Waals surface area (Å²) in [4.78, 5) is 12.1. The number of ether oxygens (including phenoxy) is 1. The van der Waals surface area contributed by atoms with Crippen molar-refractivity contribution in [1.82, 2.24) is 0 Å². The second-order valence-electron chi connectivity index (χ2n) is 4.32. The van der Waals surface area contributed by atoms with Gasteiger partial charge in [-0.05, 0) is 42.8 Å². The fourth-order valence-corrected chi connectivity index (χ4v) is 1.87. The Bertz CT molecular complexity index is 662.